The maximum Gasteiger partial charge on any atom is 0.201 e. The molecule has 0 bridgehead atoms. The van der Waals surface area contributed by atoms with Crippen LogP contribution in [0.2, 0.25) is 0 Å². The summed E-state index contributed by atoms with van der Waals surface area (Å²) in [4.78, 5) is 12.4. The van der Waals surface area contributed by atoms with Gasteiger partial charge in [0.25, 0.3) is 0 Å². The second-order valence-electron chi connectivity index (χ2n) is 6.04. The second-order valence-corrected chi connectivity index (χ2v) is 6.04. The summed E-state index contributed by atoms with van der Waals surface area (Å²) in [6.07, 6.45) is 2.01. The average molecular weight is 278 g/mol. The Morgan fingerprint density at radius 3 is 2.76 bits per heavy atom. The zero-order valence-corrected chi connectivity index (χ0v) is 12.1. The van der Waals surface area contributed by atoms with Gasteiger partial charge in [-0.25, -0.2) is 0 Å². The van der Waals surface area contributed by atoms with Crippen LogP contribution in [0.5, 0.6) is 0 Å². The summed E-state index contributed by atoms with van der Waals surface area (Å²) in [6, 6.07) is 14.9. The minimum atomic E-state index is -0.00531. The summed E-state index contributed by atoms with van der Waals surface area (Å²) in [5.74, 6) is 1.03. The van der Waals surface area contributed by atoms with Crippen LogP contribution in [0.15, 0.2) is 53.8 Å². The molecule has 1 aliphatic heterocycles. The molecule has 2 aromatic carbocycles. The Bertz CT molecular complexity index is 757. The minimum absolute atomic E-state index is 0.00531. The molecule has 106 valence electrons. The van der Waals surface area contributed by atoms with Crippen LogP contribution in [0.3, 0.4) is 0 Å². The monoisotopic (exact) mass is 278 g/mol. The quantitative estimate of drug-likeness (QED) is 0.781. The van der Waals surface area contributed by atoms with E-state index in [2.05, 4.69) is 42.5 Å². The van der Waals surface area contributed by atoms with E-state index >= 15 is 0 Å². The van der Waals surface area contributed by atoms with E-state index in [0.29, 0.717) is 12.4 Å². The summed E-state index contributed by atoms with van der Waals surface area (Å²) in [5.41, 5.74) is 2.46. The van der Waals surface area contributed by atoms with Crippen molar-refractivity contribution >= 4 is 16.6 Å². The van der Waals surface area contributed by atoms with Gasteiger partial charge in [0.2, 0.25) is 5.78 Å². The van der Waals surface area contributed by atoms with Crippen molar-refractivity contribution < 1.29 is 9.53 Å². The summed E-state index contributed by atoms with van der Waals surface area (Å²) in [7, 11) is 0. The van der Waals surface area contributed by atoms with Crippen LogP contribution < -0.4 is 0 Å². The number of benzene rings is 2. The standard InChI is InChI=1S/C19H18O2/c1-12-17(16-7-4-10-21-19(16)18(12)20)15-9-8-13-5-2-3-6-14(13)11-15/h2-3,5-6,8-9,11-12,17H,4,7,10H2,1H3/t12-,17-/m0/s1. The highest BCUT2D eigenvalue weighted by Gasteiger charge is 2.42. The molecule has 21 heavy (non-hydrogen) atoms. The van der Waals surface area contributed by atoms with Crippen LogP contribution in [-0.2, 0) is 9.53 Å². The third kappa shape index (κ3) is 1.90. The Kier molecular flexibility index (Phi) is 2.85. The smallest absolute Gasteiger partial charge is 0.201 e. The maximum atomic E-state index is 12.4. The van der Waals surface area contributed by atoms with Gasteiger partial charge in [-0.3, -0.25) is 4.79 Å². The summed E-state index contributed by atoms with van der Waals surface area (Å²) in [6.45, 7) is 2.71. The second kappa shape index (κ2) is 4.73. The Hall–Kier alpha value is -2.09. The largest absolute Gasteiger partial charge is 0.490 e. The molecule has 0 saturated heterocycles. The molecular formula is C19H18O2. The summed E-state index contributed by atoms with van der Waals surface area (Å²) in [5, 5.41) is 2.48. The molecule has 0 N–H and O–H groups in total. The number of allylic oxidation sites excluding steroid dienone is 2. The van der Waals surface area contributed by atoms with E-state index in [1.807, 2.05) is 6.92 Å². The number of rotatable bonds is 1. The first-order chi connectivity index (χ1) is 10.3. The molecule has 0 aromatic heterocycles. The van der Waals surface area contributed by atoms with Gasteiger partial charge in [0.05, 0.1) is 6.61 Å². The van der Waals surface area contributed by atoms with Gasteiger partial charge in [-0.05, 0) is 34.8 Å². The Morgan fingerprint density at radius 2 is 1.90 bits per heavy atom. The Labute approximate surface area is 124 Å². The molecule has 2 heteroatoms. The lowest BCUT2D eigenvalue weighted by Gasteiger charge is -2.21. The highest BCUT2D eigenvalue weighted by Crippen LogP contribution is 2.46. The van der Waals surface area contributed by atoms with Crippen molar-refractivity contribution in [1.82, 2.24) is 0 Å². The summed E-state index contributed by atoms with van der Waals surface area (Å²) < 4.78 is 5.65. The fourth-order valence-corrected chi connectivity index (χ4v) is 3.72. The number of fused-ring (bicyclic) bond motifs is 1. The summed E-state index contributed by atoms with van der Waals surface area (Å²) >= 11 is 0. The Balaban J connectivity index is 1.83. The third-order valence-corrected chi connectivity index (χ3v) is 4.77. The van der Waals surface area contributed by atoms with E-state index in [1.54, 1.807) is 0 Å². The number of ether oxygens (including phenoxy) is 1. The first-order valence-electron chi connectivity index (χ1n) is 7.64. The van der Waals surface area contributed by atoms with E-state index in [4.69, 9.17) is 4.74 Å². The highest BCUT2D eigenvalue weighted by molar-refractivity contribution is 6.00. The van der Waals surface area contributed by atoms with Crippen LogP contribution in [0.25, 0.3) is 10.8 Å². The molecule has 1 heterocycles. The van der Waals surface area contributed by atoms with Gasteiger partial charge in [-0.1, -0.05) is 49.4 Å². The topological polar surface area (TPSA) is 26.3 Å². The average Bonchev–Trinajstić information content (AvgIpc) is 2.79. The van der Waals surface area contributed by atoms with Gasteiger partial charge in [-0.2, -0.15) is 0 Å². The Morgan fingerprint density at radius 1 is 1.10 bits per heavy atom. The van der Waals surface area contributed by atoms with Crippen LogP contribution in [0, 0.1) is 5.92 Å². The zero-order chi connectivity index (χ0) is 14.4. The fraction of sp³-hybridized carbons (Fsp3) is 0.316. The van der Waals surface area contributed by atoms with Crippen molar-refractivity contribution in [1.29, 1.82) is 0 Å². The molecule has 0 spiro atoms. The van der Waals surface area contributed by atoms with Crippen LogP contribution in [0.1, 0.15) is 31.2 Å². The highest BCUT2D eigenvalue weighted by atomic mass is 16.5. The first kappa shape index (κ1) is 12.6. The lowest BCUT2D eigenvalue weighted by atomic mass is 9.83. The van der Waals surface area contributed by atoms with E-state index < -0.39 is 0 Å². The number of hydrogen-bond donors (Lipinski definition) is 0. The molecule has 2 aromatic rings. The molecule has 2 nitrogen and oxygen atoms in total. The first-order valence-corrected chi connectivity index (χ1v) is 7.64. The van der Waals surface area contributed by atoms with E-state index in [0.717, 1.165) is 12.8 Å². The maximum absolute atomic E-state index is 12.4. The van der Waals surface area contributed by atoms with Crippen LogP contribution >= 0.6 is 0 Å². The van der Waals surface area contributed by atoms with E-state index in [-0.39, 0.29) is 17.6 Å². The number of Topliss-reactive ketones (excluding diaryl/α,β-unsaturated/α-hetero) is 1. The molecule has 0 saturated carbocycles. The molecule has 1 aliphatic carbocycles. The van der Waals surface area contributed by atoms with Gasteiger partial charge >= 0.3 is 0 Å². The predicted octanol–water partition coefficient (Wildman–Crippen LogP) is 4.21. The van der Waals surface area contributed by atoms with Crippen molar-refractivity contribution in [3.8, 4) is 0 Å². The number of carbonyl (C=O) groups is 1. The molecule has 0 fully saturated rings. The molecule has 4 rings (SSSR count). The van der Waals surface area contributed by atoms with Crippen LogP contribution in [-0.4, -0.2) is 12.4 Å². The number of ketones is 1. The molecule has 0 radical (unpaired) electrons. The fourth-order valence-electron chi connectivity index (χ4n) is 3.72. The predicted molar refractivity (Wildman–Crippen MR) is 83.1 cm³/mol. The van der Waals surface area contributed by atoms with Gasteiger partial charge in [0.1, 0.15) is 0 Å². The third-order valence-electron chi connectivity index (χ3n) is 4.77. The van der Waals surface area contributed by atoms with Crippen molar-refractivity contribution in [3.63, 3.8) is 0 Å². The molecule has 2 aliphatic rings. The molecule has 2 atom stereocenters. The minimum Gasteiger partial charge on any atom is -0.490 e. The van der Waals surface area contributed by atoms with Crippen LogP contribution in [0.4, 0.5) is 0 Å². The van der Waals surface area contributed by atoms with Gasteiger partial charge in [0.15, 0.2) is 5.76 Å². The van der Waals surface area contributed by atoms with Gasteiger partial charge in [-0.15, -0.1) is 0 Å². The van der Waals surface area contributed by atoms with E-state index in [9.17, 15) is 4.79 Å². The van der Waals surface area contributed by atoms with Crippen molar-refractivity contribution in [2.45, 2.75) is 25.7 Å². The van der Waals surface area contributed by atoms with E-state index in [1.165, 1.54) is 21.9 Å². The van der Waals surface area contributed by atoms with Crippen molar-refractivity contribution in [2.75, 3.05) is 6.61 Å². The van der Waals surface area contributed by atoms with Gasteiger partial charge < -0.3 is 4.74 Å². The van der Waals surface area contributed by atoms with Crippen molar-refractivity contribution in [2.24, 2.45) is 5.92 Å². The lowest BCUT2D eigenvalue weighted by molar-refractivity contribution is -0.121. The lowest BCUT2D eigenvalue weighted by Crippen LogP contribution is -2.13. The van der Waals surface area contributed by atoms with Gasteiger partial charge in [0, 0.05) is 11.8 Å². The normalized spacial score (nSPS) is 25.1. The molecule has 0 unspecified atom stereocenters. The molecule has 0 amide bonds. The number of carbonyl (C=O) groups excluding carboxylic acids is 1. The zero-order valence-electron chi connectivity index (χ0n) is 12.1. The number of hydrogen-bond acceptors (Lipinski definition) is 2. The SMILES string of the molecule is C[C@@H]1C(=O)C2=C(CCCO2)[C@@H]1c1ccc2ccccc2c1. The molecular weight excluding hydrogens is 260 g/mol. The van der Waals surface area contributed by atoms with Crippen molar-refractivity contribution in [3.05, 3.63) is 59.4 Å².